The van der Waals surface area contributed by atoms with E-state index in [1.165, 1.54) is 38.5 Å². The van der Waals surface area contributed by atoms with Crippen LogP contribution in [0.4, 0.5) is 10.6 Å². The topological polar surface area (TPSA) is 70.2 Å². The van der Waals surface area contributed by atoms with Crippen LogP contribution in [0.2, 0.25) is 5.02 Å². The van der Waals surface area contributed by atoms with Crippen molar-refractivity contribution in [2.24, 2.45) is 17.8 Å². The molecule has 6 nitrogen and oxygen atoms in total. The summed E-state index contributed by atoms with van der Waals surface area (Å²) in [5.74, 6) is 3.29. The van der Waals surface area contributed by atoms with E-state index in [0.717, 1.165) is 64.8 Å². The fourth-order valence-electron chi connectivity index (χ4n) is 7.25. The maximum Gasteiger partial charge on any atom is 0.318 e. The predicted octanol–water partition coefficient (Wildman–Crippen LogP) is 4.82. The van der Waals surface area contributed by atoms with Crippen molar-refractivity contribution < 1.29 is 4.79 Å². The molecule has 33 heavy (non-hydrogen) atoms. The third-order valence-electron chi connectivity index (χ3n) is 8.34. The van der Waals surface area contributed by atoms with Crippen molar-refractivity contribution in [2.75, 3.05) is 18.4 Å². The van der Waals surface area contributed by atoms with Crippen molar-refractivity contribution in [2.45, 2.75) is 63.5 Å². The summed E-state index contributed by atoms with van der Waals surface area (Å²) in [6, 6.07) is 8.02. The standard InChI is InChI=1S/C26H32ClN5O/c27-22-4-2-1-3-20(22)5-7-28-24-21-15-32(8-6-23(21)29-16-30-24)25(33)31-26-12-17-9-18(13-26)11-19(10-17)14-26/h1-4,16-19H,5-15H2,(H,31,33)(H,28,29,30). The van der Waals surface area contributed by atoms with Gasteiger partial charge >= 0.3 is 6.03 Å². The van der Waals surface area contributed by atoms with Crippen molar-refractivity contribution in [3.8, 4) is 0 Å². The number of fused-ring (bicyclic) bond motifs is 1. The molecule has 1 aliphatic heterocycles. The molecular formula is C26H32ClN5O. The van der Waals surface area contributed by atoms with Crippen LogP contribution in [0.3, 0.4) is 0 Å². The maximum absolute atomic E-state index is 13.4. The van der Waals surface area contributed by atoms with E-state index in [0.29, 0.717) is 13.1 Å². The molecule has 2 aromatic rings. The van der Waals surface area contributed by atoms with E-state index in [4.69, 9.17) is 11.6 Å². The van der Waals surface area contributed by atoms with Crippen LogP contribution in [0.25, 0.3) is 0 Å². The number of nitrogens with zero attached hydrogens (tertiary/aromatic N) is 3. The molecule has 0 spiro atoms. The molecule has 0 saturated heterocycles. The van der Waals surface area contributed by atoms with Gasteiger partial charge in [-0.25, -0.2) is 14.8 Å². The third-order valence-corrected chi connectivity index (χ3v) is 8.71. The molecule has 1 aromatic heterocycles. The van der Waals surface area contributed by atoms with Crippen LogP contribution < -0.4 is 10.6 Å². The number of hydrogen-bond acceptors (Lipinski definition) is 4. The van der Waals surface area contributed by atoms with Crippen LogP contribution >= 0.6 is 11.6 Å². The molecule has 0 atom stereocenters. The number of urea groups is 1. The van der Waals surface area contributed by atoms with Crippen LogP contribution in [-0.2, 0) is 19.4 Å². The lowest BCUT2D eigenvalue weighted by Crippen LogP contribution is -2.62. The van der Waals surface area contributed by atoms with Gasteiger partial charge in [0.2, 0.25) is 0 Å². The van der Waals surface area contributed by atoms with Crippen LogP contribution in [0, 0.1) is 17.8 Å². The second-order valence-corrected chi connectivity index (χ2v) is 11.1. The Balaban J connectivity index is 1.12. The Labute approximate surface area is 200 Å². The summed E-state index contributed by atoms with van der Waals surface area (Å²) in [4.78, 5) is 24.4. The molecule has 0 radical (unpaired) electrons. The van der Waals surface area contributed by atoms with Gasteiger partial charge in [-0.2, -0.15) is 0 Å². The largest absolute Gasteiger partial charge is 0.369 e. The second kappa shape index (κ2) is 8.46. The van der Waals surface area contributed by atoms with E-state index >= 15 is 0 Å². The summed E-state index contributed by atoms with van der Waals surface area (Å²) in [7, 11) is 0. The molecule has 0 unspecified atom stereocenters. The Bertz CT molecular complexity index is 1020. The molecule has 1 aromatic carbocycles. The first-order valence-corrected chi connectivity index (χ1v) is 12.8. The minimum Gasteiger partial charge on any atom is -0.369 e. The average molecular weight is 466 g/mol. The fourth-order valence-corrected chi connectivity index (χ4v) is 7.48. The van der Waals surface area contributed by atoms with Gasteiger partial charge in [0, 0.05) is 35.6 Å². The maximum atomic E-state index is 13.4. The average Bonchev–Trinajstić information content (AvgIpc) is 2.79. The van der Waals surface area contributed by atoms with E-state index in [1.807, 2.05) is 23.1 Å². The zero-order valence-corrected chi connectivity index (χ0v) is 19.8. The summed E-state index contributed by atoms with van der Waals surface area (Å²) in [5.41, 5.74) is 3.24. The fraction of sp³-hybridized carbons (Fsp3) is 0.577. The predicted molar refractivity (Wildman–Crippen MR) is 129 cm³/mol. The molecule has 174 valence electrons. The van der Waals surface area contributed by atoms with Crippen molar-refractivity contribution in [1.82, 2.24) is 20.2 Å². The lowest BCUT2D eigenvalue weighted by atomic mass is 9.53. The first-order valence-electron chi connectivity index (χ1n) is 12.4. The van der Waals surface area contributed by atoms with Crippen molar-refractivity contribution in [3.05, 3.63) is 52.4 Å². The van der Waals surface area contributed by atoms with Gasteiger partial charge in [0.25, 0.3) is 0 Å². The summed E-state index contributed by atoms with van der Waals surface area (Å²) in [5, 5.41) is 7.78. The number of halogens is 1. The number of carbonyl (C=O) groups excluding carboxylic acids is 1. The van der Waals surface area contributed by atoms with Crippen molar-refractivity contribution in [1.29, 1.82) is 0 Å². The van der Waals surface area contributed by atoms with Gasteiger partial charge in [-0.15, -0.1) is 0 Å². The molecule has 4 fully saturated rings. The van der Waals surface area contributed by atoms with Crippen molar-refractivity contribution in [3.63, 3.8) is 0 Å². The van der Waals surface area contributed by atoms with Crippen molar-refractivity contribution >= 4 is 23.4 Å². The van der Waals surface area contributed by atoms with Gasteiger partial charge in [0.1, 0.15) is 12.1 Å². The number of aromatic nitrogens is 2. The smallest absolute Gasteiger partial charge is 0.318 e. The van der Waals surface area contributed by atoms with Crippen LogP contribution in [0.15, 0.2) is 30.6 Å². The van der Waals surface area contributed by atoms with Gasteiger partial charge in [0.05, 0.1) is 12.2 Å². The van der Waals surface area contributed by atoms with Gasteiger partial charge in [0.15, 0.2) is 0 Å². The number of amides is 2. The number of anilines is 1. The van der Waals surface area contributed by atoms with E-state index in [2.05, 4.69) is 26.7 Å². The lowest BCUT2D eigenvalue weighted by molar-refractivity contribution is -0.0159. The Morgan fingerprint density at radius 1 is 1.09 bits per heavy atom. The molecule has 2 heterocycles. The van der Waals surface area contributed by atoms with Gasteiger partial charge in [-0.05, 0) is 74.3 Å². The van der Waals surface area contributed by atoms with Gasteiger partial charge in [-0.3, -0.25) is 0 Å². The molecule has 2 N–H and O–H groups in total. The highest BCUT2D eigenvalue weighted by molar-refractivity contribution is 6.31. The normalized spacial score (nSPS) is 29.6. The van der Waals surface area contributed by atoms with E-state index in [1.54, 1.807) is 6.33 Å². The Morgan fingerprint density at radius 3 is 2.55 bits per heavy atom. The highest BCUT2D eigenvalue weighted by Gasteiger charge is 2.51. The minimum atomic E-state index is 0.0370. The summed E-state index contributed by atoms with van der Waals surface area (Å²) < 4.78 is 0. The van der Waals surface area contributed by atoms with Crippen LogP contribution in [-0.4, -0.2) is 39.5 Å². The number of nitrogens with one attached hydrogen (secondary N) is 2. The number of benzene rings is 1. The molecule has 4 bridgehead atoms. The number of hydrogen-bond donors (Lipinski definition) is 2. The zero-order valence-electron chi connectivity index (χ0n) is 19.0. The first kappa shape index (κ1) is 21.2. The Hall–Kier alpha value is -2.34. The molecule has 7 heteroatoms. The van der Waals surface area contributed by atoms with Crippen LogP contribution in [0.1, 0.15) is 55.3 Å². The third kappa shape index (κ3) is 4.18. The highest BCUT2D eigenvalue weighted by Crippen LogP contribution is 2.55. The van der Waals surface area contributed by atoms with Gasteiger partial charge in [-0.1, -0.05) is 29.8 Å². The van der Waals surface area contributed by atoms with Gasteiger partial charge < -0.3 is 15.5 Å². The summed E-state index contributed by atoms with van der Waals surface area (Å²) in [6.45, 7) is 2.00. The van der Waals surface area contributed by atoms with Crippen LogP contribution in [0.5, 0.6) is 0 Å². The molecule has 2 amide bonds. The molecule has 4 saturated carbocycles. The number of rotatable bonds is 5. The zero-order chi connectivity index (χ0) is 22.4. The Kier molecular flexibility index (Phi) is 5.44. The minimum absolute atomic E-state index is 0.0370. The first-order chi connectivity index (χ1) is 16.1. The second-order valence-electron chi connectivity index (χ2n) is 10.7. The number of carbonyl (C=O) groups is 1. The quantitative estimate of drug-likeness (QED) is 0.664. The molecule has 5 aliphatic rings. The molecule has 4 aliphatic carbocycles. The van der Waals surface area contributed by atoms with E-state index < -0.39 is 0 Å². The monoisotopic (exact) mass is 465 g/mol. The van der Waals surface area contributed by atoms with E-state index in [9.17, 15) is 4.79 Å². The Morgan fingerprint density at radius 2 is 1.82 bits per heavy atom. The molecule has 7 rings (SSSR count). The lowest BCUT2D eigenvalue weighted by Gasteiger charge is -2.57. The summed E-state index contributed by atoms with van der Waals surface area (Å²) >= 11 is 6.30. The highest BCUT2D eigenvalue weighted by atomic mass is 35.5. The SMILES string of the molecule is O=C(NC12CC3CC(CC(C3)C1)C2)N1CCc2ncnc(NCCc3ccccc3Cl)c2C1. The summed E-state index contributed by atoms with van der Waals surface area (Å²) in [6.07, 6.45) is 10.9. The van der Waals surface area contributed by atoms with E-state index in [-0.39, 0.29) is 11.6 Å². The molecular weight excluding hydrogens is 434 g/mol.